The van der Waals surface area contributed by atoms with Crippen LogP contribution in [0.1, 0.15) is 32.1 Å². The van der Waals surface area contributed by atoms with Crippen LogP contribution in [0.5, 0.6) is 5.88 Å². The van der Waals surface area contributed by atoms with Crippen molar-refractivity contribution in [3.63, 3.8) is 0 Å². The number of hydrogen-bond donors (Lipinski definition) is 2. The Labute approximate surface area is 102 Å². The molecule has 94 valence electrons. The Bertz CT molecular complexity index is 364. The van der Waals surface area contributed by atoms with Gasteiger partial charge in [0.2, 0.25) is 5.88 Å². The first-order chi connectivity index (χ1) is 8.31. The van der Waals surface area contributed by atoms with Gasteiger partial charge in [-0.05, 0) is 18.8 Å². The normalized spacial score (nSPS) is 16.8. The van der Waals surface area contributed by atoms with E-state index in [1.165, 1.54) is 38.4 Å². The summed E-state index contributed by atoms with van der Waals surface area (Å²) in [5.74, 6) is 1.86. The fourth-order valence-electron chi connectivity index (χ4n) is 2.32. The van der Waals surface area contributed by atoms with E-state index in [9.17, 15) is 0 Å². The monoisotopic (exact) mass is 236 g/mol. The molecule has 1 fully saturated rings. The van der Waals surface area contributed by atoms with Crippen molar-refractivity contribution in [1.29, 1.82) is 0 Å². The molecule has 0 amide bonds. The topological polar surface area (TPSA) is 73.1 Å². The number of ether oxygens (including phenoxy) is 1. The average Bonchev–Trinajstić information content (AvgIpc) is 2.39. The Morgan fingerprint density at radius 1 is 1.35 bits per heavy atom. The van der Waals surface area contributed by atoms with Crippen molar-refractivity contribution in [3.05, 3.63) is 6.33 Å². The first kappa shape index (κ1) is 12.0. The third kappa shape index (κ3) is 2.99. The van der Waals surface area contributed by atoms with Gasteiger partial charge in [-0.1, -0.05) is 19.3 Å². The van der Waals surface area contributed by atoms with E-state index in [1.54, 1.807) is 7.11 Å². The second-order valence-electron chi connectivity index (χ2n) is 4.53. The zero-order valence-electron chi connectivity index (χ0n) is 10.3. The highest BCUT2D eigenvalue weighted by Gasteiger charge is 2.14. The quantitative estimate of drug-likeness (QED) is 0.837. The van der Waals surface area contributed by atoms with Crippen molar-refractivity contribution in [2.75, 3.05) is 24.7 Å². The van der Waals surface area contributed by atoms with Gasteiger partial charge in [0.25, 0.3) is 0 Å². The summed E-state index contributed by atoms with van der Waals surface area (Å²) >= 11 is 0. The van der Waals surface area contributed by atoms with Crippen LogP contribution >= 0.6 is 0 Å². The number of nitrogens with zero attached hydrogens (tertiary/aromatic N) is 2. The highest BCUT2D eigenvalue weighted by Crippen LogP contribution is 2.27. The number of methoxy groups -OCH3 is 1. The maximum Gasteiger partial charge on any atom is 0.242 e. The van der Waals surface area contributed by atoms with E-state index in [1.807, 2.05) is 0 Å². The third-order valence-corrected chi connectivity index (χ3v) is 3.32. The lowest BCUT2D eigenvalue weighted by molar-refractivity contribution is 0.373. The molecule has 5 nitrogen and oxygen atoms in total. The Morgan fingerprint density at radius 2 is 2.12 bits per heavy atom. The maximum atomic E-state index is 5.90. The van der Waals surface area contributed by atoms with Gasteiger partial charge in [-0.2, -0.15) is 4.98 Å². The summed E-state index contributed by atoms with van der Waals surface area (Å²) in [7, 11) is 1.56. The molecule has 0 radical (unpaired) electrons. The molecule has 0 saturated heterocycles. The van der Waals surface area contributed by atoms with Crippen LogP contribution < -0.4 is 15.8 Å². The number of nitrogens with two attached hydrogens (primary N) is 1. The van der Waals surface area contributed by atoms with E-state index in [-0.39, 0.29) is 0 Å². The van der Waals surface area contributed by atoms with Crippen LogP contribution in [0.3, 0.4) is 0 Å². The van der Waals surface area contributed by atoms with Crippen LogP contribution in [0.2, 0.25) is 0 Å². The summed E-state index contributed by atoms with van der Waals surface area (Å²) in [6, 6.07) is 0. The molecule has 1 heterocycles. The van der Waals surface area contributed by atoms with Crippen LogP contribution in [0, 0.1) is 5.92 Å². The molecule has 5 heteroatoms. The molecule has 0 aliphatic heterocycles. The molecule has 1 saturated carbocycles. The van der Waals surface area contributed by atoms with Crippen molar-refractivity contribution in [2.45, 2.75) is 32.1 Å². The molecule has 17 heavy (non-hydrogen) atoms. The van der Waals surface area contributed by atoms with Gasteiger partial charge in [0, 0.05) is 6.54 Å². The highest BCUT2D eigenvalue weighted by molar-refractivity contribution is 5.66. The van der Waals surface area contributed by atoms with Crippen LogP contribution in [0.15, 0.2) is 6.33 Å². The van der Waals surface area contributed by atoms with Crippen molar-refractivity contribution >= 4 is 11.5 Å². The standard InChI is InChI=1S/C12H20N4O/c1-17-12-10(13)11(15-8-16-12)14-7-9-5-3-2-4-6-9/h8-9H,2-7,13H2,1H3,(H,14,15,16). The zero-order valence-corrected chi connectivity index (χ0v) is 10.3. The van der Waals surface area contributed by atoms with Crippen LogP contribution in [0.25, 0.3) is 0 Å². The smallest absolute Gasteiger partial charge is 0.242 e. The molecule has 0 spiro atoms. The summed E-state index contributed by atoms with van der Waals surface area (Å²) < 4.78 is 5.06. The van der Waals surface area contributed by atoms with Crippen molar-refractivity contribution in [3.8, 4) is 5.88 Å². The van der Waals surface area contributed by atoms with Gasteiger partial charge < -0.3 is 15.8 Å². The van der Waals surface area contributed by atoms with Gasteiger partial charge in [-0.25, -0.2) is 4.98 Å². The lowest BCUT2D eigenvalue weighted by atomic mass is 9.89. The minimum atomic E-state index is 0.436. The summed E-state index contributed by atoms with van der Waals surface area (Å²) in [6.45, 7) is 0.935. The molecule has 1 aromatic heterocycles. The summed E-state index contributed by atoms with van der Waals surface area (Å²) in [5.41, 5.74) is 6.39. The number of hydrogen-bond acceptors (Lipinski definition) is 5. The molecule has 1 aliphatic carbocycles. The molecule has 2 rings (SSSR count). The van der Waals surface area contributed by atoms with E-state index in [4.69, 9.17) is 10.5 Å². The summed E-state index contributed by atoms with van der Waals surface area (Å²) in [6.07, 6.45) is 8.13. The highest BCUT2D eigenvalue weighted by atomic mass is 16.5. The number of nitrogens with one attached hydrogen (secondary N) is 1. The first-order valence-corrected chi connectivity index (χ1v) is 6.19. The lowest BCUT2D eigenvalue weighted by Gasteiger charge is -2.22. The number of rotatable bonds is 4. The van der Waals surface area contributed by atoms with Crippen molar-refractivity contribution in [2.24, 2.45) is 5.92 Å². The van der Waals surface area contributed by atoms with E-state index < -0.39 is 0 Å². The largest absolute Gasteiger partial charge is 0.479 e. The second kappa shape index (κ2) is 5.70. The number of nitrogen functional groups attached to an aromatic ring is 1. The minimum absolute atomic E-state index is 0.436. The second-order valence-corrected chi connectivity index (χ2v) is 4.53. The molecule has 0 aromatic carbocycles. The first-order valence-electron chi connectivity index (χ1n) is 6.19. The lowest BCUT2D eigenvalue weighted by Crippen LogP contribution is -2.18. The third-order valence-electron chi connectivity index (χ3n) is 3.32. The van der Waals surface area contributed by atoms with E-state index in [0.717, 1.165) is 12.5 Å². The predicted octanol–water partition coefficient (Wildman–Crippen LogP) is 2.06. The Morgan fingerprint density at radius 3 is 2.82 bits per heavy atom. The van der Waals surface area contributed by atoms with E-state index in [0.29, 0.717) is 17.4 Å². The van der Waals surface area contributed by atoms with Crippen LogP contribution in [0.4, 0.5) is 11.5 Å². The molecule has 0 bridgehead atoms. The molecular formula is C12H20N4O. The van der Waals surface area contributed by atoms with Gasteiger partial charge in [-0.3, -0.25) is 0 Å². The Hall–Kier alpha value is -1.52. The van der Waals surface area contributed by atoms with Gasteiger partial charge in [0.15, 0.2) is 5.82 Å². The van der Waals surface area contributed by atoms with Gasteiger partial charge >= 0.3 is 0 Å². The van der Waals surface area contributed by atoms with Gasteiger partial charge in [0.05, 0.1) is 7.11 Å². The van der Waals surface area contributed by atoms with Crippen molar-refractivity contribution < 1.29 is 4.74 Å². The average molecular weight is 236 g/mol. The SMILES string of the molecule is COc1ncnc(NCC2CCCCC2)c1N. The van der Waals surface area contributed by atoms with Crippen LogP contribution in [-0.2, 0) is 0 Å². The molecule has 3 N–H and O–H groups in total. The zero-order chi connectivity index (χ0) is 12.1. The Kier molecular flexibility index (Phi) is 4.01. The minimum Gasteiger partial charge on any atom is -0.479 e. The number of anilines is 2. The van der Waals surface area contributed by atoms with Gasteiger partial charge in [-0.15, -0.1) is 0 Å². The van der Waals surface area contributed by atoms with E-state index >= 15 is 0 Å². The summed E-state index contributed by atoms with van der Waals surface area (Å²) in [4.78, 5) is 8.10. The van der Waals surface area contributed by atoms with Gasteiger partial charge in [0.1, 0.15) is 12.0 Å². The van der Waals surface area contributed by atoms with Crippen molar-refractivity contribution in [1.82, 2.24) is 9.97 Å². The summed E-state index contributed by atoms with van der Waals surface area (Å²) in [5, 5.41) is 3.30. The fourth-order valence-corrected chi connectivity index (χ4v) is 2.32. The fraction of sp³-hybridized carbons (Fsp3) is 0.667. The molecular weight excluding hydrogens is 216 g/mol. The van der Waals surface area contributed by atoms with Crippen LogP contribution in [-0.4, -0.2) is 23.6 Å². The molecule has 0 atom stereocenters. The molecule has 0 unspecified atom stereocenters. The van der Waals surface area contributed by atoms with E-state index in [2.05, 4.69) is 15.3 Å². The number of aromatic nitrogens is 2. The molecule has 1 aromatic rings. The molecule has 1 aliphatic rings. The Balaban J connectivity index is 1.93. The predicted molar refractivity (Wildman–Crippen MR) is 68.1 cm³/mol. The maximum absolute atomic E-state index is 5.90.